The van der Waals surface area contributed by atoms with E-state index in [4.69, 9.17) is 39.5 Å². The molecule has 0 radical (unpaired) electrons. The van der Waals surface area contributed by atoms with Crippen molar-refractivity contribution >= 4 is 58.1 Å². The molecule has 0 aliphatic rings. The molecule has 0 heterocycles. The van der Waals surface area contributed by atoms with Crippen LogP contribution >= 0.6 is 34.8 Å². The third-order valence-electron chi connectivity index (χ3n) is 4.67. The van der Waals surface area contributed by atoms with Gasteiger partial charge in [-0.2, -0.15) is 0 Å². The number of ether oxygens (including phenoxy) is 1. The van der Waals surface area contributed by atoms with Gasteiger partial charge in [-0.05, 0) is 55.0 Å². The van der Waals surface area contributed by atoms with Crippen LogP contribution in [0.5, 0.6) is 0 Å². The van der Waals surface area contributed by atoms with E-state index in [9.17, 15) is 19.7 Å². The first-order valence-corrected chi connectivity index (χ1v) is 10.8. The van der Waals surface area contributed by atoms with Crippen LogP contribution in [-0.4, -0.2) is 23.4 Å². The van der Waals surface area contributed by atoms with Gasteiger partial charge < -0.3 is 9.64 Å². The van der Waals surface area contributed by atoms with Crippen LogP contribution in [0.4, 0.5) is 11.4 Å². The molecule has 0 saturated carbocycles. The second kappa shape index (κ2) is 10.7. The van der Waals surface area contributed by atoms with Gasteiger partial charge in [0.15, 0.2) is 0 Å². The van der Waals surface area contributed by atoms with Gasteiger partial charge in [-0.1, -0.05) is 40.9 Å². The molecule has 10 heteroatoms. The van der Waals surface area contributed by atoms with Gasteiger partial charge in [-0.3, -0.25) is 14.9 Å². The number of nitro benzene ring substituents is 1. The number of rotatable bonds is 7. The smallest absolute Gasteiger partial charge is 0.338 e. The molecule has 3 aromatic rings. The molecule has 0 aliphatic heterocycles. The lowest BCUT2D eigenvalue weighted by Crippen LogP contribution is -2.31. The quantitative estimate of drug-likeness (QED) is 0.205. The molecule has 0 saturated heterocycles. The topological polar surface area (TPSA) is 89.8 Å². The lowest BCUT2D eigenvalue weighted by molar-refractivity contribution is -0.384. The normalized spacial score (nSPS) is 10.5. The van der Waals surface area contributed by atoms with Crippen molar-refractivity contribution in [3.05, 3.63) is 103 Å². The second-order valence-corrected chi connectivity index (χ2v) is 8.07. The third-order valence-corrected chi connectivity index (χ3v) is 5.59. The molecule has 33 heavy (non-hydrogen) atoms. The third kappa shape index (κ3) is 5.82. The molecule has 0 atom stereocenters. The van der Waals surface area contributed by atoms with E-state index in [0.717, 1.165) is 6.07 Å². The van der Waals surface area contributed by atoms with Gasteiger partial charge in [0, 0.05) is 27.9 Å². The maximum absolute atomic E-state index is 13.5. The maximum atomic E-state index is 13.5. The molecule has 3 rings (SSSR count). The number of non-ortho nitro benzene ring substituents is 1. The van der Waals surface area contributed by atoms with Gasteiger partial charge in [0.1, 0.15) is 0 Å². The summed E-state index contributed by atoms with van der Waals surface area (Å²) in [4.78, 5) is 37.4. The largest absolute Gasteiger partial charge is 0.462 e. The summed E-state index contributed by atoms with van der Waals surface area (Å²) in [6, 6.07) is 14.7. The second-order valence-electron chi connectivity index (χ2n) is 6.82. The summed E-state index contributed by atoms with van der Waals surface area (Å²) in [5, 5.41) is 12.0. The summed E-state index contributed by atoms with van der Waals surface area (Å²) in [5.74, 6) is -1.08. The van der Waals surface area contributed by atoms with Gasteiger partial charge in [0.25, 0.3) is 11.6 Å². The predicted octanol–water partition coefficient (Wildman–Crippen LogP) is 6.58. The lowest BCUT2D eigenvalue weighted by atomic mass is 10.1. The zero-order valence-corrected chi connectivity index (χ0v) is 19.5. The van der Waals surface area contributed by atoms with E-state index in [1.165, 1.54) is 29.2 Å². The van der Waals surface area contributed by atoms with Gasteiger partial charge >= 0.3 is 5.97 Å². The molecule has 7 nitrogen and oxygen atoms in total. The van der Waals surface area contributed by atoms with E-state index in [1.54, 1.807) is 37.3 Å². The Bertz CT molecular complexity index is 1220. The van der Waals surface area contributed by atoms with E-state index in [1.807, 2.05) is 0 Å². The van der Waals surface area contributed by atoms with Gasteiger partial charge in [0.05, 0.1) is 34.2 Å². The summed E-state index contributed by atoms with van der Waals surface area (Å²) < 4.78 is 4.99. The molecule has 0 spiro atoms. The predicted molar refractivity (Wildman–Crippen MR) is 127 cm³/mol. The van der Waals surface area contributed by atoms with Crippen LogP contribution in [0, 0.1) is 10.1 Å². The van der Waals surface area contributed by atoms with Crippen LogP contribution in [0.1, 0.15) is 33.2 Å². The van der Waals surface area contributed by atoms with Crippen LogP contribution < -0.4 is 4.90 Å². The molecule has 3 aromatic carbocycles. The fourth-order valence-corrected chi connectivity index (χ4v) is 3.70. The number of amides is 1. The maximum Gasteiger partial charge on any atom is 0.338 e. The molecule has 170 valence electrons. The van der Waals surface area contributed by atoms with Crippen LogP contribution in [0.25, 0.3) is 0 Å². The SMILES string of the molecule is CCOC(=O)c1ccc(N(Cc2ccc(Cl)cc2Cl)C(=O)c2cc([N+](=O)[O-])ccc2Cl)cc1. The highest BCUT2D eigenvalue weighted by Gasteiger charge is 2.24. The minimum absolute atomic E-state index is 0.0204. The molecule has 0 aliphatic carbocycles. The van der Waals surface area contributed by atoms with Crippen molar-refractivity contribution in [3.8, 4) is 0 Å². The summed E-state index contributed by atoms with van der Waals surface area (Å²) in [6.45, 7) is 1.95. The van der Waals surface area contributed by atoms with E-state index in [-0.39, 0.29) is 29.4 Å². The summed E-state index contributed by atoms with van der Waals surface area (Å²) in [5.41, 5.74) is 0.994. The first-order chi connectivity index (χ1) is 15.7. The van der Waals surface area contributed by atoms with Gasteiger partial charge in [-0.25, -0.2) is 4.79 Å². The van der Waals surface area contributed by atoms with E-state index >= 15 is 0 Å². The highest BCUT2D eigenvalue weighted by atomic mass is 35.5. The van der Waals surface area contributed by atoms with E-state index in [0.29, 0.717) is 26.9 Å². The standard InChI is InChI=1S/C23H17Cl3N2O5/c1-2-33-23(30)14-4-7-17(8-5-14)27(13-15-3-6-16(24)11-21(15)26)22(29)19-12-18(28(31)32)9-10-20(19)25/h3-12H,2,13H2,1H3. The van der Waals surface area contributed by atoms with Crippen molar-refractivity contribution < 1.29 is 19.2 Å². The van der Waals surface area contributed by atoms with Crippen molar-refractivity contribution in [3.63, 3.8) is 0 Å². The van der Waals surface area contributed by atoms with Crippen molar-refractivity contribution in [2.24, 2.45) is 0 Å². The molecule has 1 amide bonds. The fraction of sp³-hybridized carbons (Fsp3) is 0.130. The number of anilines is 1. The molecule has 0 N–H and O–H groups in total. The Labute approximate surface area is 204 Å². The molecular formula is C23H17Cl3N2O5. The first kappa shape index (κ1) is 24.5. The minimum Gasteiger partial charge on any atom is -0.462 e. The van der Waals surface area contributed by atoms with Gasteiger partial charge in [0.2, 0.25) is 0 Å². The Morgan fingerprint density at radius 2 is 1.67 bits per heavy atom. The number of benzene rings is 3. The number of carbonyl (C=O) groups excluding carboxylic acids is 2. The number of hydrogen-bond donors (Lipinski definition) is 0. The highest BCUT2D eigenvalue weighted by Crippen LogP contribution is 2.29. The molecule has 0 unspecified atom stereocenters. The highest BCUT2D eigenvalue weighted by molar-refractivity contribution is 6.35. The van der Waals surface area contributed by atoms with Crippen molar-refractivity contribution in [1.29, 1.82) is 0 Å². The zero-order valence-electron chi connectivity index (χ0n) is 17.3. The average molecular weight is 508 g/mol. The number of esters is 1. The number of nitro groups is 1. The number of nitrogens with zero attached hydrogens (tertiary/aromatic N) is 2. The van der Waals surface area contributed by atoms with E-state index < -0.39 is 16.8 Å². The zero-order chi connectivity index (χ0) is 24.1. The summed E-state index contributed by atoms with van der Waals surface area (Å²) in [6.07, 6.45) is 0. The number of halogens is 3. The molecule has 0 fully saturated rings. The summed E-state index contributed by atoms with van der Waals surface area (Å²) in [7, 11) is 0. The Kier molecular flexibility index (Phi) is 7.92. The van der Waals surface area contributed by atoms with Crippen LogP contribution in [0.3, 0.4) is 0 Å². The first-order valence-electron chi connectivity index (χ1n) is 9.68. The van der Waals surface area contributed by atoms with Crippen molar-refractivity contribution in [2.75, 3.05) is 11.5 Å². The summed E-state index contributed by atoms with van der Waals surface area (Å²) >= 11 is 18.5. The Morgan fingerprint density at radius 1 is 0.970 bits per heavy atom. The molecular weight excluding hydrogens is 491 g/mol. The molecule has 0 bridgehead atoms. The van der Waals surface area contributed by atoms with Crippen molar-refractivity contribution in [1.82, 2.24) is 0 Å². The molecule has 0 aromatic heterocycles. The minimum atomic E-state index is -0.609. The number of carbonyl (C=O) groups is 2. The fourth-order valence-electron chi connectivity index (χ4n) is 3.03. The van der Waals surface area contributed by atoms with Crippen LogP contribution in [0.15, 0.2) is 60.7 Å². The number of hydrogen-bond acceptors (Lipinski definition) is 5. The van der Waals surface area contributed by atoms with E-state index in [2.05, 4.69) is 0 Å². The van der Waals surface area contributed by atoms with Crippen LogP contribution in [-0.2, 0) is 11.3 Å². The van der Waals surface area contributed by atoms with Gasteiger partial charge in [-0.15, -0.1) is 0 Å². The van der Waals surface area contributed by atoms with Crippen molar-refractivity contribution in [2.45, 2.75) is 13.5 Å². The monoisotopic (exact) mass is 506 g/mol. The Balaban J connectivity index is 2.05. The Hall–Kier alpha value is -3.13. The van der Waals surface area contributed by atoms with Crippen LogP contribution in [0.2, 0.25) is 15.1 Å². The lowest BCUT2D eigenvalue weighted by Gasteiger charge is -2.24. The average Bonchev–Trinajstić information content (AvgIpc) is 2.78. The Morgan fingerprint density at radius 3 is 2.27 bits per heavy atom.